The molecule has 2 N–H and O–H groups in total. The molecule has 1 saturated carbocycles. The molecule has 0 saturated heterocycles. The molecule has 0 heterocycles. The lowest BCUT2D eigenvalue weighted by Crippen LogP contribution is -2.38. The summed E-state index contributed by atoms with van der Waals surface area (Å²) >= 11 is 0. The quantitative estimate of drug-likeness (QED) is 0.886. The zero-order chi connectivity index (χ0) is 16.4. The zero-order valence-electron chi connectivity index (χ0n) is 13.5. The second-order valence-corrected chi connectivity index (χ2v) is 6.13. The van der Waals surface area contributed by atoms with Gasteiger partial charge < -0.3 is 19.7 Å². The van der Waals surface area contributed by atoms with Crippen LogP contribution in [0.25, 0.3) is 11.1 Å². The summed E-state index contributed by atoms with van der Waals surface area (Å²) in [6.45, 7) is 0. The second-order valence-electron chi connectivity index (χ2n) is 6.13. The summed E-state index contributed by atoms with van der Waals surface area (Å²) in [5.41, 5.74) is 1.54. The molecule has 122 valence electrons. The van der Waals surface area contributed by atoms with Crippen LogP contribution in [0.4, 0.5) is 0 Å². The number of hydrogen-bond donors (Lipinski definition) is 2. The first-order valence-corrected chi connectivity index (χ1v) is 7.82. The van der Waals surface area contributed by atoms with Crippen LogP contribution < -0.4 is 9.47 Å². The predicted octanol–water partition coefficient (Wildman–Crippen LogP) is 3.53. The Bertz CT molecular complexity index is 705. The summed E-state index contributed by atoms with van der Waals surface area (Å²) in [5.74, 6) is 1.56. The maximum absolute atomic E-state index is 10.7. The molecular formula is C19H22O4. The SMILES string of the molecule is COc1ccc(OC)c(-c2cccc(CC3(O)CCC3)c2O)c1. The molecule has 0 unspecified atom stereocenters. The van der Waals surface area contributed by atoms with Crippen molar-refractivity contribution in [3.63, 3.8) is 0 Å². The van der Waals surface area contributed by atoms with Gasteiger partial charge >= 0.3 is 0 Å². The van der Waals surface area contributed by atoms with Gasteiger partial charge in [0.15, 0.2) is 0 Å². The van der Waals surface area contributed by atoms with Gasteiger partial charge in [-0.15, -0.1) is 0 Å². The molecule has 23 heavy (non-hydrogen) atoms. The van der Waals surface area contributed by atoms with E-state index >= 15 is 0 Å². The minimum absolute atomic E-state index is 0.194. The number of rotatable bonds is 5. The highest BCUT2D eigenvalue weighted by atomic mass is 16.5. The van der Waals surface area contributed by atoms with Gasteiger partial charge in [-0.2, -0.15) is 0 Å². The average molecular weight is 314 g/mol. The van der Waals surface area contributed by atoms with Gasteiger partial charge in [0.05, 0.1) is 19.8 Å². The van der Waals surface area contributed by atoms with Crippen LogP contribution in [0.1, 0.15) is 24.8 Å². The van der Waals surface area contributed by atoms with Gasteiger partial charge in [0.1, 0.15) is 17.2 Å². The van der Waals surface area contributed by atoms with E-state index in [0.717, 1.165) is 30.4 Å². The second kappa shape index (κ2) is 6.13. The highest BCUT2D eigenvalue weighted by molar-refractivity contribution is 5.78. The summed E-state index contributed by atoms with van der Waals surface area (Å²) in [6.07, 6.45) is 3.10. The summed E-state index contributed by atoms with van der Waals surface area (Å²) in [5, 5.41) is 21.1. The molecule has 0 spiro atoms. The molecule has 4 nitrogen and oxygen atoms in total. The number of ether oxygens (including phenoxy) is 2. The molecule has 2 aromatic carbocycles. The number of phenols is 1. The van der Waals surface area contributed by atoms with Crippen molar-refractivity contribution in [2.75, 3.05) is 14.2 Å². The molecule has 2 aromatic rings. The Morgan fingerprint density at radius 1 is 1.04 bits per heavy atom. The smallest absolute Gasteiger partial charge is 0.127 e. The minimum atomic E-state index is -0.672. The first-order chi connectivity index (χ1) is 11.1. The van der Waals surface area contributed by atoms with Gasteiger partial charge in [0.25, 0.3) is 0 Å². The highest BCUT2D eigenvalue weighted by Crippen LogP contribution is 2.42. The van der Waals surface area contributed by atoms with E-state index in [1.807, 2.05) is 36.4 Å². The van der Waals surface area contributed by atoms with E-state index in [1.165, 1.54) is 0 Å². The van der Waals surface area contributed by atoms with Crippen molar-refractivity contribution in [2.24, 2.45) is 0 Å². The molecular weight excluding hydrogens is 292 g/mol. The third-order valence-corrected chi connectivity index (χ3v) is 4.62. The molecule has 0 aromatic heterocycles. The van der Waals surface area contributed by atoms with E-state index < -0.39 is 5.60 Å². The van der Waals surface area contributed by atoms with Crippen LogP contribution in [0.15, 0.2) is 36.4 Å². The number of aromatic hydroxyl groups is 1. The van der Waals surface area contributed by atoms with Crippen LogP contribution >= 0.6 is 0 Å². The van der Waals surface area contributed by atoms with E-state index in [9.17, 15) is 10.2 Å². The van der Waals surface area contributed by atoms with E-state index in [4.69, 9.17) is 9.47 Å². The monoisotopic (exact) mass is 314 g/mol. The van der Waals surface area contributed by atoms with Crippen molar-refractivity contribution in [3.8, 4) is 28.4 Å². The first-order valence-electron chi connectivity index (χ1n) is 7.82. The Morgan fingerprint density at radius 3 is 2.43 bits per heavy atom. The predicted molar refractivity (Wildman–Crippen MR) is 89.2 cm³/mol. The Labute approximate surface area is 136 Å². The molecule has 3 rings (SSSR count). The number of para-hydroxylation sites is 1. The highest BCUT2D eigenvalue weighted by Gasteiger charge is 2.35. The Morgan fingerprint density at radius 2 is 1.83 bits per heavy atom. The van der Waals surface area contributed by atoms with Gasteiger partial charge in [0, 0.05) is 17.5 Å². The molecule has 0 radical (unpaired) electrons. The number of hydrogen-bond acceptors (Lipinski definition) is 4. The molecule has 0 amide bonds. The van der Waals surface area contributed by atoms with Crippen LogP contribution in [0.3, 0.4) is 0 Å². The summed E-state index contributed by atoms with van der Waals surface area (Å²) < 4.78 is 10.7. The largest absolute Gasteiger partial charge is 0.507 e. The van der Waals surface area contributed by atoms with Gasteiger partial charge in [-0.25, -0.2) is 0 Å². The molecule has 1 aliphatic rings. The van der Waals surface area contributed by atoms with Crippen LogP contribution in [-0.4, -0.2) is 30.0 Å². The third-order valence-electron chi connectivity index (χ3n) is 4.62. The van der Waals surface area contributed by atoms with E-state index in [0.29, 0.717) is 23.5 Å². The maximum Gasteiger partial charge on any atom is 0.127 e. The number of benzene rings is 2. The topological polar surface area (TPSA) is 58.9 Å². The van der Waals surface area contributed by atoms with Crippen LogP contribution in [0.5, 0.6) is 17.2 Å². The number of aliphatic hydroxyl groups is 1. The summed E-state index contributed by atoms with van der Waals surface area (Å²) in [4.78, 5) is 0. The third kappa shape index (κ3) is 2.99. The van der Waals surface area contributed by atoms with Crippen LogP contribution in [-0.2, 0) is 6.42 Å². The first kappa shape index (κ1) is 15.7. The standard InChI is InChI=1S/C19H22O4/c1-22-14-7-8-17(23-2)16(11-14)15-6-3-5-13(18(15)20)12-19(21)9-4-10-19/h3,5-8,11,20-21H,4,9-10,12H2,1-2H3. The number of methoxy groups -OCH3 is 2. The molecule has 1 fully saturated rings. The number of phenolic OH excluding ortho intramolecular Hbond substituents is 1. The van der Waals surface area contributed by atoms with Crippen molar-refractivity contribution < 1.29 is 19.7 Å². The maximum atomic E-state index is 10.7. The normalized spacial score (nSPS) is 15.8. The van der Waals surface area contributed by atoms with E-state index in [-0.39, 0.29) is 5.75 Å². The van der Waals surface area contributed by atoms with E-state index in [1.54, 1.807) is 14.2 Å². The fraction of sp³-hybridized carbons (Fsp3) is 0.368. The summed E-state index contributed by atoms with van der Waals surface area (Å²) in [6, 6.07) is 11.1. The van der Waals surface area contributed by atoms with Crippen LogP contribution in [0, 0.1) is 0 Å². The van der Waals surface area contributed by atoms with Crippen molar-refractivity contribution in [3.05, 3.63) is 42.0 Å². The van der Waals surface area contributed by atoms with Gasteiger partial charge in [0.2, 0.25) is 0 Å². The van der Waals surface area contributed by atoms with E-state index in [2.05, 4.69) is 0 Å². The molecule has 0 bridgehead atoms. The summed E-state index contributed by atoms with van der Waals surface area (Å²) in [7, 11) is 3.21. The molecule has 0 atom stereocenters. The van der Waals surface area contributed by atoms with Crippen molar-refractivity contribution in [1.29, 1.82) is 0 Å². The molecule has 1 aliphatic carbocycles. The Balaban J connectivity index is 2.03. The Hall–Kier alpha value is -2.20. The lowest BCUT2D eigenvalue weighted by molar-refractivity contribution is -0.0326. The van der Waals surface area contributed by atoms with Gasteiger partial charge in [-0.1, -0.05) is 18.2 Å². The average Bonchev–Trinajstić information content (AvgIpc) is 2.54. The fourth-order valence-corrected chi connectivity index (χ4v) is 3.09. The molecule has 4 heteroatoms. The van der Waals surface area contributed by atoms with Crippen molar-refractivity contribution in [2.45, 2.75) is 31.3 Å². The Kier molecular flexibility index (Phi) is 4.18. The van der Waals surface area contributed by atoms with Gasteiger partial charge in [-0.05, 0) is 43.0 Å². The van der Waals surface area contributed by atoms with Crippen molar-refractivity contribution in [1.82, 2.24) is 0 Å². The van der Waals surface area contributed by atoms with Crippen LogP contribution in [0.2, 0.25) is 0 Å². The lowest BCUT2D eigenvalue weighted by atomic mass is 9.75. The zero-order valence-corrected chi connectivity index (χ0v) is 13.5. The fourth-order valence-electron chi connectivity index (χ4n) is 3.09. The molecule has 0 aliphatic heterocycles. The lowest BCUT2D eigenvalue weighted by Gasteiger charge is -2.37. The van der Waals surface area contributed by atoms with Gasteiger partial charge in [-0.3, -0.25) is 0 Å². The van der Waals surface area contributed by atoms with Crippen molar-refractivity contribution >= 4 is 0 Å². The minimum Gasteiger partial charge on any atom is -0.507 e.